The highest BCUT2D eigenvalue weighted by Crippen LogP contribution is 2.45. The fraction of sp³-hybridized carbons (Fsp3) is 0.100. The molecular formula is C20H13ClF3N3O3S. The van der Waals surface area contributed by atoms with Gasteiger partial charge in [0.1, 0.15) is 11.7 Å². The summed E-state index contributed by atoms with van der Waals surface area (Å²) in [6, 6.07) is 11.3. The first-order chi connectivity index (χ1) is 14.6. The van der Waals surface area contributed by atoms with Crippen LogP contribution in [0.25, 0.3) is 11.1 Å². The number of benzene rings is 2. The second kappa shape index (κ2) is 7.54. The van der Waals surface area contributed by atoms with E-state index in [0.29, 0.717) is 5.69 Å². The van der Waals surface area contributed by atoms with Crippen molar-refractivity contribution >= 4 is 38.9 Å². The second-order valence-corrected chi connectivity index (χ2v) is 8.87. The number of nitrogens with zero attached hydrogens (tertiary/aromatic N) is 2. The summed E-state index contributed by atoms with van der Waals surface area (Å²) in [6.45, 7) is -0.644. The largest absolute Gasteiger partial charge is 0.416 e. The Morgan fingerprint density at radius 3 is 2.52 bits per heavy atom. The number of hydrogen-bond acceptors (Lipinski definition) is 4. The Kier molecular flexibility index (Phi) is 5.14. The SMILES string of the molecule is O=C(CN1c2ccc(C(F)(F)F)cc2-c2ccccc2S1(=O)=O)Nc1ccnc(Cl)c1. The van der Waals surface area contributed by atoms with Crippen LogP contribution >= 0.6 is 11.6 Å². The van der Waals surface area contributed by atoms with Gasteiger partial charge in [0.2, 0.25) is 5.91 Å². The van der Waals surface area contributed by atoms with E-state index in [4.69, 9.17) is 11.6 Å². The number of anilines is 2. The van der Waals surface area contributed by atoms with Crippen LogP contribution < -0.4 is 9.62 Å². The first kappa shape index (κ1) is 21.1. The molecule has 31 heavy (non-hydrogen) atoms. The number of aromatic nitrogens is 1. The highest BCUT2D eigenvalue weighted by atomic mass is 35.5. The van der Waals surface area contributed by atoms with Gasteiger partial charge >= 0.3 is 6.18 Å². The van der Waals surface area contributed by atoms with Gasteiger partial charge in [-0.1, -0.05) is 29.8 Å². The number of rotatable bonds is 3. The van der Waals surface area contributed by atoms with Gasteiger partial charge in [-0.15, -0.1) is 0 Å². The Morgan fingerprint density at radius 1 is 1.06 bits per heavy atom. The lowest BCUT2D eigenvalue weighted by Gasteiger charge is -2.32. The van der Waals surface area contributed by atoms with Crippen molar-refractivity contribution < 1.29 is 26.4 Å². The molecule has 0 fully saturated rings. The van der Waals surface area contributed by atoms with Crippen LogP contribution in [0.4, 0.5) is 24.5 Å². The van der Waals surface area contributed by atoms with E-state index in [0.717, 1.165) is 22.5 Å². The van der Waals surface area contributed by atoms with Crippen molar-refractivity contribution in [1.29, 1.82) is 0 Å². The molecule has 160 valence electrons. The third-order valence-electron chi connectivity index (χ3n) is 4.64. The molecule has 6 nitrogen and oxygen atoms in total. The van der Waals surface area contributed by atoms with Gasteiger partial charge in [0.25, 0.3) is 10.0 Å². The smallest absolute Gasteiger partial charge is 0.324 e. The predicted molar refractivity (Wildman–Crippen MR) is 109 cm³/mol. The van der Waals surface area contributed by atoms with Gasteiger partial charge in [-0.25, -0.2) is 13.4 Å². The molecule has 0 radical (unpaired) electrons. The van der Waals surface area contributed by atoms with Gasteiger partial charge < -0.3 is 5.32 Å². The molecule has 0 unspecified atom stereocenters. The van der Waals surface area contributed by atoms with Gasteiger partial charge in [0.15, 0.2) is 0 Å². The topological polar surface area (TPSA) is 79.4 Å². The number of halogens is 4. The van der Waals surface area contributed by atoms with Gasteiger partial charge in [0, 0.05) is 23.0 Å². The fourth-order valence-electron chi connectivity index (χ4n) is 3.29. The summed E-state index contributed by atoms with van der Waals surface area (Å²) >= 11 is 5.78. The molecular weight excluding hydrogens is 455 g/mol. The van der Waals surface area contributed by atoms with E-state index >= 15 is 0 Å². The number of sulfonamides is 1. The van der Waals surface area contributed by atoms with Crippen molar-refractivity contribution in [2.75, 3.05) is 16.2 Å². The van der Waals surface area contributed by atoms with Crippen molar-refractivity contribution in [2.45, 2.75) is 11.1 Å². The molecule has 4 rings (SSSR count). The van der Waals surface area contributed by atoms with Gasteiger partial charge in [-0.05, 0) is 36.4 Å². The third-order valence-corrected chi connectivity index (χ3v) is 6.66. The molecule has 1 aliphatic heterocycles. The quantitative estimate of drug-likeness (QED) is 0.572. The zero-order valence-electron chi connectivity index (χ0n) is 15.5. The maximum absolute atomic E-state index is 13.3. The monoisotopic (exact) mass is 467 g/mol. The minimum atomic E-state index is -4.61. The summed E-state index contributed by atoms with van der Waals surface area (Å²) in [4.78, 5) is 16.2. The Balaban J connectivity index is 1.77. The highest BCUT2D eigenvalue weighted by Gasteiger charge is 2.38. The molecule has 0 saturated carbocycles. The van der Waals surface area contributed by atoms with Crippen LogP contribution in [0.5, 0.6) is 0 Å². The van der Waals surface area contributed by atoms with Crippen LogP contribution in [0, 0.1) is 0 Å². The van der Waals surface area contributed by atoms with E-state index in [2.05, 4.69) is 10.3 Å². The van der Waals surface area contributed by atoms with E-state index in [-0.39, 0.29) is 26.9 Å². The van der Waals surface area contributed by atoms with Gasteiger partial charge in [-0.2, -0.15) is 13.2 Å². The molecule has 1 aliphatic rings. The Morgan fingerprint density at radius 2 is 1.81 bits per heavy atom. The Bertz CT molecular complexity index is 1300. The lowest BCUT2D eigenvalue weighted by atomic mass is 10.00. The van der Waals surface area contributed by atoms with Gasteiger partial charge in [0.05, 0.1) is 16.1 Å². The standard InChI is InChI=1S/C20H13ClF3N3O3S/c21-18-10-13(7-8-25-18)26-19(28)11-27-16-6-5-12(20(22,23)24)9-15(16)14-3-1-2-4-17(14)31(27,29)30/h1-10H,11H2,(H,25,26,28). The van der Waals surface area contributed by atoms with Crippen LogP contribution in [-0.2, 0) is 21.0 Å². The Labute approximate surface area is 180 Å². The zero-order valence-corrected chi connectivity index (χ0v) is 17.1. The first-order valence-corrected chi connectivity index (χ1v) is 10.6. The van der Waals surface area contributed by atoms with E-state index in [9.17, 15) is 26.4 Å². The molecule has 0 spiro atoms. The number of carbonyl (C=O) groups excluding carboxylic acids is 1. The number of nitrogens with one attached hydrogen (secondary N) is 1. The molecule has 0 saturated heterocycles. The van der Waals surface area contributed by atoms with Crippen LogP contribution in [0.15, 0.2) is 65.7 Å². The molecule has 2 aromatic carbocycles. The maximum atomic E-state index is 13.3. The van der Waals surface area contributed by atoms with Crippen LogP contribution in [0.1, 0.15) is 5.56 Å². The van der Waals surface area contributed by atoms with Crippen molar-refractivity contribution in [3.05, 3.63) is 71.5 Å². The molecule has 11 heteroatoms. The lowest BCUT2D eigenvalue weighted by molar-refractivity contribution is -0.137. The van der Waals surface area contributed by atoms with E-state index < -0.39 is 34.2 Å². The third kappa shape index (κ3) is 3.96. The van der Waals surface area contributed by atoms with Crippen LogP contribution in [0.3, 0.4) is 0 Å². The molecule has 0 atom stereocenters. The summed E-state index contributed by atoms with van der Waals surface area (Å²) in [5, 5.41) is 2.64. The van der Waals surface area contributed by atoms with Crippen LogP contribution in [0.2, 0.25) is 5.15 Å². The first-order valence-electron chi connectivity index (χ1n) is 8.82. The Hall–Kier alpha value is -3.11. The fourth-order valence-corrected chi connectivity index (χ4v) is 5.11. The van der Waals surface area contributed by atoms with Crippen molar-refractivity contribution in [1.82, 2.24) is 4.98 Å². The maximum Gasteiger partial charge on any atom is 0.416 e. The average molecular weight is 468 g/mol. The lowest BCUT2D eigenvalue weighted by Crippen LogP contribution is -2.40. The number of pyridine rings is 1. The van der Waals surface area contributed by atoms with Crippen molar-refractivity contribution in [2.24, 2.45) is 0 Å². The van der Waals surface area contributed by atoms with E-state index in [1.807, 2.05) is 0 Å². The minimum Gasteiger partial charge on any atom is -0.324 e. The number of fused-ring (bicyclic) bond motifs is 3. The number of carbonyl (C=O) groups is 1. The minimum absolute atomic E-state index is 0.0189. The summed E-state index contributed by atoms with van der Waals surface area (Å²) < 4.78 is 66.9. The molecule has 3 aromatic rings. The normalized spacial score (nSPS) is 14.5. The number of amides is 1. The molecule has 1 aromatic heterocycles. The van der Waals surface area contributed by atoms with Crippen molar-refractivity contribution in [3.8, 4) is 11.1 Å². The second-order valence-electron chi connectivity index (χ2n) is 6.65. The van der Waals surface area contributed by atoms with Crippen molar-refractivity contribution in [3.63, 3.8) is 0 Å². The summed E-state index contributed by atoms with van der Waals surface area (Å²) in [6.07, 6.45) is -3.25. The summed E-state index contributed by atoms with van der Waals surface area (Å²) in [7, 11) is -4.19. The number of alkyl halides is 3. The molecule has 1 N–H and O–H groups in total. The van der Waals surface area contributed by atoms with E-state index in [1.54, 1.807) is 0 Å². The molecule has 1 amide bonds. The predicted octanol–water partition coefficient (Wildman–Crippen LogP) is 4.57. The average Bonchev–Trinajstić information content (AvgIpc) is 2.70. The van der Waals surface area contributed by atoms with Gasteiger partial charge in [-0.3, -0.25) is 9.10 Å². The molecule has 0 aliphatic carbocycles. The summed E-state index contributed by atoms with van der Waals surface area (Å²) in [5.41, 5.74) is -0.431. The zero-order chi connectivity index (χ0) is 22.4. The van der Waals surface area contributed by atoms with Crippen LogP contribution in [-0.4, -0.2) is 25.9 Å². The summed E-state index contributed by atoms with van der Waals surface area (Å²) in [5.74, 6) is -0.698. The number of hydrogen-bond donors (Lipinski definition) is 1. The molecule has 2 heterocycles. The molecule has 0 bridgehead atoms. The highest BCUT2D eigenvalue weighted by molar-refractivity contribution is 7.93. The van der Waals surface area contributed by atoms with E-state index in [1.165, 1.54) is 42.6 Å².